The summed E-state index contributed by atoms with van der Waals surface area (Å²) in [5.41, 5.74) is 0.757. The van der Waals surface area contributed by atoms with Crippen LogP contribution >= 0.6 is 0 Å². The van der Waals surface area contributed by atoms with Crippen molar-refractivity contribution in [1.29, 1.82) is 0 Å². The highest BCUT2D eigenvalue weighted by Crippen LogP contribution is 2.40. The summed E-state index contributed by atoms with van der Waals surface area (Å²) >= 11 is 0. The number of likely N-dealkylation sites (tertiary alicyclic amines) is 1. The molecule has 1 aliphatic carbocycles. The normalized spacial score (nSPS) is 22.7. The molecule has 0 bridgehead atoms. The van der Waals surface area contributed by atoms with Gasteiger partial charge in [0.15, 0.2) is 0 Å². The van der Waals surface area contributed by atoms with Crippen molar-refractivity contribution in [3.05, 3.63) is 24.3 Å². The second-order valence-electron chi connectivity index (χ2n) is 6.92. The van der Waals surface area contributed by atoms with Gasteiger partial charge in [-0.15, -0.1) is 0 Å². The molecule has 132 valence electrons. The van der Waals surface area contributed by atoms with Crippen molar-refractivity contribution in [3.8, 4) is 5.75 Å². The summed E-state index contributed by atoms with van der Waals surface area (Å²) in [6.45, 7) is 4.66. The molecule has 0 aromatic heterocycles. The number of rotatable bonds is 9. The Balaban J connectivity index is 1.28. The lowest BCUT2D eigenvalue weighted by molar-refractivity contribution is -0.119. The third-order valence-corrected chi connectivity index (χ3v) is 5.11. The molecule has 1 aromatic rings. The first-order valence-electron chi connectivity index (χ1n) is 8.98. The number of carbonyl (C=O) groups excluding carboxylic acids is 1. The first kappa shape index (κ1) is 17.2. The predicted molar refractivity (Wildman–Crippen MR) is 94.3 cm³/mol. The standard InChI is InChI=1S/C19H28N2O3/c1-23-14-19(22)20-17-6-8-18(9-7-17)24-11-3-2-10-21-12-15-4-5-16(15)13-21/h6-9,15-16H,2-5,10-14H2,1H3,(H,20,22). The lowest BCUT2D eigenvalue weighted by atomic mass is 9.77. The lowest BCUT2D eigenvalue weighted by Crippen LogP contribution is -2.22. The van der Waals surface area contributed by atoms with E-state index in [4.69, 9.17) is 9.47 Å². The number of unbranched alkanes of at least 4 members (excludes halogenated alkanes) is 1. The van der Waals surface area contributed by atoms with E-state index in [2.05, 4.69) is 10.2 Å². The Labute approximate surface area is 144 Å². The molecule has 2 aliphatic rings. The number of amides is 1. The third kappa shape index (κ3) is 4.71. The van der Waals surface area contributed by atoms with Crippen LogP contribution in [0, 0.1) is 11.8 Å². The molecule has 1 saturated heterocycles. The third-order valence-electron chi connectivity index (χ3n) is 5.11. The van der Waals surface area contributed by atoms with E-state index in [1.165, 1.54) is 46.0 Å². The van der Waals surface area contributed by atoms with Crippen LogP contribution in [0.4, 0.5) is 5.69 Å². The summed E-state index contributed by atoms with van der Waals surface area (Å²) in [5, 5.41) is 2.76. The van der Waals surface area contributed by atoms with E-state index < -0.39 is 0 Å². The van der Waals surface area contributed by atoms with E-state index in [1.54, 1.807) is 0 Å². The summed E-state index contributed by atoms with van der Waals surface area (Å²) < 4.78 is 10.6. The number of ether oxygens (including phenoxy) is 2. The van der Waals surface area contributed by atoms with Crippen LogP contribution in [0.1, 0.15) is 25.7 Å². The van der Waals surface area contributed by atoms with Crippen LogP contribution in [0.25, 0.3) is 0 Å². The maximum Gasteiger partial charge on any atom is 0.250 e. The van der Waals surface area contributed by atoms with Gasteiger partial charge in [-0.1, -0.05) is 0 Å². The minimum absolute atomic E-state index is 0.0662. The number of anilines is 1. The first-order chi connectivity index (χ1) is 11.7. The highest BCUT2D eigenvalue weighted by atomic mass is 16.5. The predicted octanol–water partition coefficient (Wildman–Crippen LogP) is 2.77. The van der Waals surface area contributed by atoms with Crippen LogP contribution in [0.2, 0.25) is 0 Å². The van der Waals surface area contributed by atoms with Crippen molar-refractivity contribution in [1.82, 2.24) is 4.90 Å². The molecule has 2 fully saturated rings. The number of nitrogens with zero attached hydrogens (tertiary/aromatic N) is 1. The average molecular weight is 332 g/mol. The van der Waals surface area contributed by atoms with Gasteiger partial charge in [0.2, 0.25) is 5.91 Å². The fourth-order valence-corrected chi connectivity index (χ4v) is 3.63. The smallest absolute Gasteiger partial charge is 0.250 e. The molecule has 5 nitrogen and oxygen atoms in total. The fraction of sp³-hybridized carbons (Fsp3) is 0.632. The highest BCUT2D eigenvalue weighted by molar-refractivity contribution is 5.91. The minimum atomic E-state index is -0.151. The highest BCUT2D eigenvalue weighted by Gasteiger charge is 2.38. The Kier molecular flexibility index (Phi) is 6.10. The first-order valence-corrected chi connectivity index (χ1v) is 8.98. The van der Waals surface area contributed by atoms with Crippen LogP contribution in [-0.2, 0) is 9.53 Å². The SMILES string of the molecule is COCC(=O)Nc1ccc(OCCCCN2CC3CCC3C2)cc1. The van der Waals surface area contributed by atoms with Gasteiger partial charge in [0.25, 0.3) is 0 Å². The largest absolute Gasteiger partial charge is 0.494 e. The quantitative estimate of drug-likeness (QED) is 0.707. The fourth-order valence-electron chi connectivity index (χ4n) is 3.63. The number of nitrogens with one attached hydrogen (secondary N) is 1. The van der Waals surface area contributed by atoms with E-state index in [1.807, 2.05) is 24.3 Å². The lowest BCUT2D eigenvalue weighted by Gasteiger charge is -2.28. The van der Waals surface area contributed by atoms with Gasteiger partial charge in [-0.3, -0.25) is 4.79 Å². The number of fused-ring (bicyclic) bond motifs is 1. The van der Waals surface area contributed by atoms with E-state index in [0.717, 1.165) is 36.3 Å². The van der Waals surface area contributed by atoms with Gasteiger partial charge < -0.3 is 19.7 Å². The van der Waals surface area contributed by atoms with Gasteiger partial charge in [0, 0.05) is 25.9 Å². The molecule has 2 unspecified atom stereocenters. The van der Waals surface area contributed by atoms with Gasteiger partial charge >= 0.3 is 0 Å². The summed E-state index contributed by atoms with van der Waals surface area (Å²) in [6, 6.07) is 7.48. The molecule has 1 aromatic carbocycles. The molecular weight excluding hydrogens is 304 g/mol. The maximum atomic E-state index is 11.4. The number of carbonyl (C=O) groups is 1. The summed E-state index contributed by atoms with van der Waals surface area (Å²) in [4.78, 5) is 14.0. The molecule has 0 radical (unpaired) electrons. The summed E-state index contributed by atoms with van der Waals surface area (Å²) in [6.07, 6.45) is 5.18. The van der Waals surface area contributed by atoms with Crippen LogP contribution in [0.3, 0.4) is 0 Å². The minimum Gasteiger partial charge on any atom is -0.494 e. The van der Waals surface area contributed by atoms with Gasteiger partial charge in [-0.05, 0) is 68.3 Å². The van der Waals surface area contributed by atoms with Gasteiger partial charge in [-0.25, -0.2) is 0 Å². The summed E-state index contributed by atoms with van der Waals surface area (Å²) in [5.74, 6) is 2.70. The molecule has 2 atom stereocenters. The van der Waals surface area contributed by atoms with Crippen LogP contribution in [-0.4, -0.2) is 50.8 Å². The zero-order valence-electron chi connectivity index (χ0n) is 14.5. The van der Waals surface area contributed by atoms with Crippen LogP contribution < -0.4 is 10.1 Å². The van der Waals surface area contributed by atoms with Crippen molar-refractivity contribution in [2.75, 3.05) is 45.3 Å². The van der Waals surface area contributed by atoms with Gasteiger partial charge in [-0.2, -0.15) is 0 Å². The van der Waals surface area contributed by atoms with Crippen molar-refractivity contribution < 1.29 is 14.3 Å². The molecular formula is C19H28N2O3. The number of methoxy groups -OCH3 is 1. The van der Waals surface area contributed by atoms with Gasteiger partial charge in [0.1, 0.15) is 12.4 Å². The Morgan fingerprint density at radius 1 is 1.17 bits per heavy atom. The number of hydrogen-bond acceptors (Lipinski definition) is 4. The van der Waals surface area contributed by atoms with Crippen LogP contribution in [0.5, 0.6) is 5.75 Å². The van der Waals surface area contributed by atoms with E-state index in [9.17, 15) is 4.79 Å². The molecule has 1 heterocycles. The van der Waals surface area contributed by atoms with E-state index in [-0.39, 0.29) is 12.5 Å². The molecule has 1 N–H and O–H groups in total. The zero-order valence-corrected chi connectivity index (χ0v) is 14.5. The molecule has 3 rings (SSSR count). The molecule has 1 saturated carbocycles. The zero-order chi connectivity index (χ0) is 16.8. The number of hydrogen-bond donors (Lipinski definition) is 1. The monoisotopic (exact) mass is 332 g/mol. The Bertz CT molecular complexity index is 520. The van der Waals surface area contributed by atoms with Crippen molar-refractivity contribution in [2.24, 2.45) is 11.8 Å². The van der Waals surface area contributed by atoms with E-state index >= 15 is 0 Å². The Morgan fingerprint density at radius 2 is 1.88 bits per heavy atom. The maximum absolute atomic E-state index is 11.4. The molecule has 5 heteroatoms. The molecule has 0 spiro atoms. The topological polar surface area (TPSA) is 50.8 Å². The van der Waals surface area contributed by atoms with Gasteiger partial charge in [0.05, 0.1) is 6.61 Å². The second-order valence-corrected chi connectivity index (χ2v) is 6.92. The second kappa shape index (κ2) is 8.49. The molecule has 1 amide bonds. The Morgan fingerprint density at radius 3 is 2.50 bits per heavy atom. The summed E-state index contributed by atoms with van der Waals surface area (Å²) in [7, 11) is 1.50. The Hall–Kier alpha value is -1.59. The number of benzene rings is 1. The van der Waals surface area contributed by atoms with Crippen LogP contribution in [0.15, 0.2) is 24.3 Å². The van der Waals surface area contributed by atoms with Crippen molar-refractivity contribution >= 4 is 11.6 Å². The average Bonchev–Trinajstić information content (AvgIpc) is 2.84. The van der Waals surface area contributed by atoms with Crippen molar-refractivity contribution in [3.63, 3.8) is 0 Å². The molecule has 1 aliphatic heterocycles. The molecule has 24 heavy (non-hydrogen) atoms. The van der Waals surface area contributed by atoms with Crippen molar-refractivity contribution in [2.45, 2.75) is 25.7 Å². The van der Waals surface area contributed by atoms with E-state index in [0.29, 0.717) is 0 Å².